The van der Waals surface area contributed by atoms with Gasteiger partial charge in [-0.3, -0.25) is 14.5 Å². The third kappa shape index (κ3) is 4.78. The summed E-state index contributed by atoms with van der Waals surface area (Å²) in [4.78, 5) is 25.2. The lowest BCUT2D eigenvalue weighted by molar-refractivity contribution is -0.141. The molecule has 1 fully saturated rings. The van der Waals surface area contributed by atoms with Crippen LogP contribution in [-0.2, 0) is 9.59 Å². The Labute approximate surface area is 121 Å². The predicted octanol–water partition coefficient (Wildman–Crippen LogP) is 1.72. The number of carboxylic acid groups (broad SMARTS) is 1. The molecule has 5 nitrogen and oxygen atoms in total. The Hall–Kier alpha value is -1.10. The van der Waals surface area contributed by atoms with E-state index in [4.69, 9.17) is 5.11 Å². The molecule has 1 aliphatic rings. The number of carbonyl (C=O) groups excluding carboxylic acids is 1. The van der Waals surface area contributed by atoms with Gasteiger partial charge in [-0.2, -0.15) is 0 Å². The Bertz CT molecular complexity index is 334. The molecule has 2 unspecified atom stereocenters. The zero-order valence-corrected chi connectivity index (χ0v) is 13.1. The summed E-state index contributed by atoms with van der Waals surface area (Å²) in [6.45, 7) is 10.1. The molecule has 0 spiro atoms. The Morgan fingerprint density at radius 1 is 1.15 bits per heavy atom. The number of hydrogen-bond acceptors (Lipinski definition) is 3. The number of nitrogens with zero attached hydrogens (tertiary/aromatic N) is 1. The lowest BCUT2D eigenvalue weighted by Crippen LogP contribution is -2.43. The monoisotopic (exact) mass is 284 g/mol. The van der Waals surface area contributed by atoms with Gasteiger partial charge >= 0.3 is 5.97 Å². The van der Waals surface area contributed by atoms with Crippen LogP contribution in [0.3, 0.4) is 0 Å². The van der Waals surface area contributed by atoms with Crippen LogP contribution < -0.4 is 5.32 Å². The van der Waals surface area contributed by atoms with Gasteiger partial charge in [0.15, 0.2) is 0 Å². The van der Waals surface area contributed by atoms with Crippen molar-refractivity contribution >= 4 is 11.9 Å². The van der Waals surface area contributed by atoms with Crippen molar-refractivity contribution in [1.82, 2.24) is 10.2 Å². The summed E-state index contributed by atoms with van der Waals surface area (Å²) in [5, 5.41) is 11.9. The molecule has 20 heavy (non-hydrogen) atoms. The minimum atomic E-state index is -0.772. The van der Waals surface area contributed by atoms with E-state index in [0.29, 0.717) is 37.9 Å². The molecule has 2 atom stereocenters. The van der Waals surface area contributed by atoms with E-state index in [1.807, 2.05) is 0 Å². The summed E-state index contributed by atoms with van der Waals surface area (Å²) in [5.74, 6) is -1.22. The van der Waals surface area contributed by atoms with Crippen molar-refractivity contribution in [2.45, 2.75) is 59.0 Å². The van der Waals surface area contributed by atoms with Crippen molar-refractivity contribution in [1.29, 1.82) is 0 Å². The van der Waals surface area contributed by atoms with Crippen LogP contribution in [0.25, 0.3) is 0 Å². The van der Waals surface area contributed by atoms with Crippen LogP contribution in [0.5, 0.6) is 0 Å². The van der Waals surface area contributed by atoms with E-state index in [-0.39, 0.29) is 17.7 Å². The van der Waals surface area contributed by atoms with E-state index >= 15 is 0 Å². The maximum absolute atomic E-state index is 12.0. The van der Waals surface area contributed by atoms with Crippen molar-refractivity contribution in [3.8, 4) is 0 Å². The second-order valence-electron chi connectivity index (χ2n) is 6.26. The summed E-state index contributed by atoms with van der Waals surface area (Å²) in [6, 6.07) is 0.907. The molecule has 0 aliphatic heterocycles. The molecule has 116 valence electrons. The second-order valence-corrected chi connectivity index (χ2v) is 6.26. The molecule has 0 bridgehead atoms. The average Bonchev–Trinajstić information content (AvgIpc) is 2.82. The number of rotatable bonds is 7. The Balaban J connectivity index is 2.32. The van der Waals surface area contributed by atoms with Gasteiger partial charge < -0.3 is 10.4 Å². The van der Waals surface area contributed by atoms with Gasteiger partial charge in [0.25, 0.3) is 0 Å². The van der Waals surface area contributed by atoms with Crippen LogP contribution in [0.4, 0.5) is 0 Å². The number of nitrogens with one attached hydrogen (secondary N) is 1. The van der Waals surface area contributed by atoms with E-state index in [1.54, 1.807) is 0 Å². The summed E-state index contributed by atoms with van der Waals surface area (Å²) >= 11 is 0. The van der Waals surface area contributed by atoms with E-state index in [9.17, 15) is 9.59 Å². The molecule has 2 N–H and O–H groups in total. The zero-order valence-electron chi connectivity index (χ0n) is 13.1. The van der Waals surface area contributed by atoms with Crippen LogP contribution >= 0.6 is 0 Å². The van der Waals surface area contributed by atoms with Crippen molar-refractivity contribution in [2.24, 2.45) is 11.8 Å². The Morgan fingerprint density at radius 2 is 1.70 bits per heavy atom. The number of amides is 1. The first-order chi connectivity index (χ1) is 9.32. The third-order valence-electron chi connectivity index (χ3n) is 4.15. The summed E-state index contributed by atoms with van der Waals surface area (Å²) in [7, 11) is 0. The standard InChI is InChI=1S/C15H28N2O3/c1-10(2)17(11(3)4)8-7-16-14(18)12-5-6-13(9-12)15(19)20/h10-13H,5-9H2,1-4H3,(H,16,18)(H,19,20). The van der Waals surface area contributed by atoms with Crippen molar-refractivity contribution in [3.05, 3.63) is 0 Å². The minimum absolute atomic E-state index is 0.0150. The molecule has 0 aromatic heterocycles. The average molecular weight is 284 g/mol. The fourth-order valence-corrected chi connectivity index (χ4v) is 3.01. The highest BCUT2D eigenvalue weighted by molar-refractivity contribution is 5.80. The van der Waals surface area contributed by atoms with Crippen molar-refractivity contribution < 1.29 is 14.7 Å². The fraction of sp³-hybridized carbons (Fsp3) is 0.867. The van der Waals surface area contributed by atoms with Gasteiger partial charge in [0.2, 0.25) is 5.91 Å². The van der Waals surface area contributed by atoms with Crippen LogP contribution in [0.15, 0.2) is 0 Å². The fourth-order valence-electron chi connectivity index (χ4n) is 3.01. The number of carboxylic acids is 1. The van der Waals surface area contributed by atoms with Crippen molar-refractivity contribution in [3.63, 3.8) is 0 Å². The molecule has 0 aromatic carbocycles. The highest BCUT2D eigenvalue weighted by Crippen LogP contribution is 2.30. The van der Waals surface area contributed by atoms with Crippen LogP contribution in [0, 0.1) is 11.8 Å². The van der Waals surface area contributed by atoms with Crippen LogP contribution in [-0.4, -0.2) is 47.1 Å². The summed E-state index contributed by atoms with van der Waals surface area (Å²) in [5.41, 5.74) is 0. The Morgan fingerprint density at radius 3 is 2.15 bits per heavy atom. The highest BCUT2D eigenvalue weighted by Gasteiger charge is 2.33. The molecule has 1 rings (SSSR count). The van der Waals surface area contributed by atoms with Crippen molar-refractivity contribution in [2.75, 3.05) is 13.1 Å². The van der Waals surface area contributed by atoms with Crippen LogP contribution in [0.1, 0.15) is 47.0 Å². The molecule has 0 saturated heterocycles. The van der Waals surface area contributed by atoms with E-state index < -0.39 is 5.97 Å². The lowest BCUT2D eigenvalue weighted by Gasteiger charge is -2.30. The quantitative estimate of drug-likeness (QED) is 0.747. The zero-order chi connectivity index (χ0) is 15.3. The van der Waals surface area contributed by atoms with Gasteiger partial charge in [-0.25, -0.2) is 0 Å². The molecular formula is C15H28N2O3. The largest absolute Gasteiger partial charge is 0.481 e. The molecule has 0 aromatic rings. The molecule has 0 radical (unpaired) electrons. The molecule has 1 amide bonds. The van der Waals surface area contributed by atoms with E-state index in [0.717, 1.165) is 6.54 Å². The predicted molar refractivity (Wildman–Crippen MR) is 78.5 cm³/mol. The molecular weight excluding hydrogens is 256 g/mol. The molecule has 1 aliphatic carbocycles. The first kappa shape index (κ1) is 17.0. The first-order valence-corrected chi connectivity index (χ1v) is 7.59. The normalized spacial score (nSPS) is 22.8. The maximum atomic E-state index is 12.0. The molecule has 5 heteroatoms. The van der Waals surface area contributed by atoms with Gasteiger partial charge in [0, 0.05) is 31.1 Å². The molecule has 0 heterocycles. The topological polar surface area (TPSA) is 69.6 Å². The smallest absolute Gasteiger partial charge is 0.306 e. The number of aliphatic carboxylic acids is 1. The minimum Gasteiger partial charge on any atom is -0.481 e. The van der Waals surface area contributed by atoms with Gasteiger partial charge in [0.1, 0.15) is 0 Å². The van der Waals surface area contributed by atoms with E-state index in [1.165, 1.54) is 0 Å². The third-order valence-corrected chi connectivity index (χ3v) is 4.15. The lowest BCUT2D eigenvalue weighted by atomic mass is 10.0. The second kappa shape index (κ2) is 7.62. The van der Waals surface area contributed by atoms with E-state index in [2.05, 4.69) is 37.9 Å². The Kier molecular flexibility index (Phi) is 6.46. The number of carbonyl (C=O) groups is 2. The van der Waals surface area contributed by atoms with Crippen LogP contribution in [0.2, 0.25) is 0 Å². The summed E-state index contributed by atoms with van der Waals surface area (Å²) < 4.78 is 0. The first-order valence-electron chi connectivity index (χ1n) is 7.59. The molecule has 1 saturated carbocycles. The maximum Gasteiger partial charge on any atom is 0.306 e. The summed E-state index contributed by atoms with van der Waals surface area (Å²) in [6.07, 6.45) is 1.80. The van der Waals surface area contributed by atoms with Gasteiger partial charge in [-0.05, 0) is 47.0 Å². The van der Waals surface area contributed by atoms with Gasteiger partial charge in [0.05, 0.1) is 5.92 Å². The van der Waals surface area contributed by atoms with Gasteiger partial charge in [-0.15, -0.1) is 0 Å². The highest BCUT2D eigenvalue weighted by atomic mass is 16.4. The van der Waals surface area contributed by atoms with Gasteiger partial charge in [-0.1, -0.05) is 0 Å². The number of hydrogen-bond donors (Lipinski definition) is 2. The SMILES string of the molecule is CC(C)N(CCNC(=O)C1CCC(C(=O)O)C1)C(C)C.